The first kappa shape index (κ1) is 11.6. The maximum Gasteiger partial charge on any atom is 0.165 e. The Morgan fingerprint density at radius 3 is 2.88 bits per heavy atom. The van der Waals surface area contributed by atoms with Crippen LogP contribution in [0.4, 0.5) is 4.39 Å². The number of hydrogen-bond donors (Lipinski definition) is 1. The van der Waals surface area contributed by atoms with Gasteiger partial charge in [0.05, 0.1) is 19.9 Å². The van der Waals surface area contributed by atoms with Crippen LogP contribution >= 0.6 is 0 Å². The average Bonchev–Trinajstić information content (AvgIpc) is 2.82. The maximum atomic E-state index is 13.4. The molecule has 5 heteroatoms. The highest BCUT2D eigenvalue weighted by molar-refractivity contribution is 5.29. The molecule has 17 heavy (non-hydrogen) atoms. The van der Waals surface area contributed by atoms with E-state index in [9.17, 15) is 4.39 Å². The third kappa shape index (κ3) is 3.04. The van der Waals surface area contributed by atoms with Crippen molar-refractivity contribution in [2.45, 2.75) is 13.1 Å². The summed E-state index contributed by atoms with van der Waals surface area (Å²) >= 11 is 0. The maximum absolute atomic E-state index is 13.4. The predicted molar refractivity (Wildman–Crippen MR) is 60.0 cm³/mol. The molecule has 1 heterocycles. The first-order chi connectivity index (χ1) is 8.29. The van der Waals surface area contributed by atoms with Crippen LogP contribution in [-0.4, -0.2) is 12.3 Å². The van der Waals surface area contributed by atoms with Gasteiger partial charge in [-0.15, -0.1) is 0 Å². The van der Waals surface area contributed by atoms with Crippen LogP contribution in [0.5, 0.6) is 5.75 Å². The number of nitrogens with one attached hydrogen (secondary N) is 1. The fourth-order valence-corrected chi connectivity index (χ4v) is 1.48. The van der Waals surface area contributed by atoms with E-state index in [1.54, 1.807) is 18.3 Å². The molecule has 0 unspecified atom stereocenters. The van der Waals surface area contributed by atoms with Crippen LogP contribution < -0.4 is 10.1 Å². The van der Waals surface area contributed by atoms with Gasteiger partial charge in [0.1, 0.15) is 5.76 Å². The number of nitrogens with zero attached hydrogens (tertiary/aromatic N) is 1. The molecule has 0 aliphatic heterocycles. The van der Waals surface area contributed by atoms with Crippen LogP contribution in [0, 0.1) is 5.82 Å². The first-order valence-corrected chi connectivity index (χ1v) is 5.22. The van der Waals surface area contributed by atoms with Crippen molar-refractivity contribution in [3.63, 3.8) is 0 Å². The van der Waals surface area contributed by atoms with Gasteiger partial charge in [0.2, 0.25) is 0 Å². The molecule has 0 spiro atoms. The van der Waals surface area contributed by atoms with E-state index in [1.807, 2.05) is 6.07 Å². The van der Waals surface area contributed by atoms with Gasteiger partial charge in [-0.3, -0.25) is 0 Å². The number of rotatable bonds is 5. The number of benzene rings is 1. The van der Waals surface area contributed by atoms with Crippen molar-refractivity contribution < 1.29 is 13.7 Å². The van der Waals surface area contributed by atoms with E-state index in [2.05, 4.69) is 10.5 Å². The normalized spacial score (nSPS) is 10.5. The Hall–Kier alpha value is -1.88. The van der Waals surface area contributed by atoms with E-state index in [1.165, 1.54) is 13.2 Å². The smallest absolute Gasteiger partial charge is 0.165 e. The van der Waals surface area contributed by atoms with Gasteiger partial charge in [-0.2, -0.15) is 0 Å². The van der Waals surface area contributed by atoms with Gasteiger partial charge in [0.15, 0.2) is 11.6 Å². The highest BCUT2D eigenvalue weighted by Crippen LogP contribution is 2.17. The molecule has 0 aliphatic rings. The molecule has 0 atom stereocenters. The summed E-state index contributed by atoms with van der Waals surface area (Å²) in [4.78, 5) is 0. The molecule has 0 amide bonds. The molecule has 0 aliphatic carbocycles. The van der Waals surface area contributed by atoms with Crippen molar-refractivity contribution in [2.75, 3.05) is 7.11 Å². The summed E-state index contributed by atoms with van der Waals surface area (Å²) < 4.78 is 23.1. The number of aromatic nitrogens is 1. The van der Waals surface area contributed by atoms with Gasteiger partial charge < -0.3 is 14.6 Å². The van der Waals surface area contributed by atoms with Crippen LogP contribution in [0.3, 0.4) is 0 Å². The largest absolute Gasteiger partial charge is 0.494 e. The van der Waals surface area contributed by atoms with Crippen LogP contribution in [0.2, 0.25) is 0 Å². The van der Waals surface area contributed by atoms with E-state index >= 15 is 0 Å². The van der Waals surface area contributed by atoms with Gasteiger partial charge in [-0.05, 0) is 17.7 Å². The molecule has 1 aromatic carbocycles. The summed E-state index contributed by atoms with van der Waals surface area (Å²) in [5.74, 6) is 0.648. The predicted octanol–water partition coefficient (Wildman–Crippen LogP) is 2.11. The minimum Gasteiger partial charge on any atom is -0.494 e. The second-order valence-electron chi connectivity index (χ2n) is 3.55. The van der Waals surface area contributed by atoms with Crippen molar-refractivity contribution in [3.05, 3.63) is 47.6 Å². The van der Waals surface area contributed by atoms with E-state index in [4.69, 9.17) is 9.26 Å². The lowest BCUT2D eigenvalue weighted by molar-refractivity contribution is 0.372. The zero-order valence-electron chi connectivity index (χ0n) is 9.44. The van der Waals surface area contributed by atoms with Gasteiger partial charge in [-0.25, -0.2) is 4.39 Å². The van der Waals surface area contributed by atoms with Crippen molar-refractivity contribution in [2.24, 2.45) is 0 Å². The Labute approximate surface area is 98.4 Å². The van der Waals surface area contributed by atoms with Crippen molar-refractivity contribution in [3.8, 4) is 5.75 Å². The Morgan fingerprint density at radius 2 is 2.24 bits per heavy atom. The lowest BCUT2D eigenvalue weighted by atomic mass is 10.2. The summed E-state index contributed by atoms with van der Waals surface area (Å²) in [7, 11) is 1.44. The molecule has 1 N–H and O–H groups in total. The van der Waals surface area contributed by atoms with Crippen LogP contribution in [0.1, 0.15) is 11.3 Å². The van der Waals surface area contributed by atoms with Gasteiger partial charge in [0.25, 0.3) is 0 Å². The molecule has 0 bridgehead atoms. The third-order valence-electron chi connectivity index (χ3n) is 2.34. The van der Waals surface area contributed by atoms with Crippen molar-refractivity contribution in [1.29, 1.82) is 0 Å². The van der Waals surface area contributed by atoms with Gasteiger partial charge in [-0.1, -0.05) is 11.2 Å². The minimum atomic E-state index is -0.355. The fraction of sp³-hybridized carbons (Fsp3) is 0.250. The molecule has 2 aromatic rings. The fourth-order valence-electron chi connectivity index (χ4n) is 1.48. The molecule has 0 saturated carbocycles. The topological polar surface area (TPSA) is 47.3 Å². The molecule has 4 nitrogen and oxygen atoms in total. The second-order valence-corrected chi connectivity index (χ2v) is 3.55. The number of methoxy groups -OCH3 is 1. The quantitative estimate of drug-likeness (QED) is 0.863. The Balaban J connectivity index is 1.89. The number of ether oxygens (including phenoxy) is 1. The molecule has 2 rings (SSSR count). The van der Waals surface area contributed by atoms with E-state index in [-0.39, 0.29) is 11.6 Å². The van der Waals surface area contributed by atoms with E-state index in [0.29, 0.717) is 13.1 Å². The number of hydrogen-bond acceptors (Lipinski definition) is 4. The molecular weight excluding hydrogens is 223 g/mol. The summed E-state index contributed by atoms with van der Waals surface area (Å²) in [5, 5.41) is 6.72. The van der Waals surface area contributed by atoms with Crippen molar-refractivity contribution >= 4 is 0 Å². The molecule has 0 saturated heterocycles. The second kappa shape index (κ2) is 5.45. The lowest BCUT2D eigenvalue weighted by Crippen LogP contribution is -2.12. The van der Waals surface area contributed by atoms with Gasteiger partial charge >= 0.3 is 0 Å². The molecule has 90 valence electrons. The lowest BCUT2D eigenvalue weighted by Gasteiger charge is -2.05. The third-order valence-corrected chi connectivity index (χ3v) is 2.34. The Kier molecular flexibility index (Phi) is 3.72. The van der Waals surface area contributed by atoms with Crippen LogP contribution in [0.25, 0.3) is 0 Å². The highest BCUT2D eigenvalue weighted by Gasteiger charge is 2.03. The molecule has 1 aromatic heterocycles. The number of halogens is 1. The summed E-state index contributed by atoms with van der Waals surface area (Å²) in [5.41, 5.74) is 0.850. The average molecular weight is 236 g/mol. The zero-order valence-corrected chi connectivity index (χ0v) is 9.44. The summed E-state index contributed by atoms with van der Waals surface area (Å²) in [6, 6.07) is 6.66. The van der Waals surface area contributed by atoms with E-state index in [0.717, 1.165) is 11.3 Å². The Bertz CT molecular complexity index is 471. The first-order valence-electron chi connectivity index (χ1n) is 5.22. The molecule has 0 fully saturated rings. The molecular formula is C12H13FN2O2. The summed E-state index contributed by atoms with van der Waals surface area (Å²) in [6.07, 6.45) is 1.59. The van der Waals surface area contributed by atoms with Crippen LogP contribution in [0.15, 0.2) is 35.0 Å². The highest BCUT2D eigenvalue weighted by atomic mass is 19.1. The molecule has 0 radical (unpaired) electrons. The summed E-state index contributed by atoms with van der Waals surface area (Å²) in [6.45, 7) is 1.12. The standard InChI is InChI=1S/C12H13FN2O2/c1-16-12-3-2-9(6-11(12)13)7-14-8-10-4-5-15-17-10/h2-6,14H,7-8H2,1H3. The Morgan fingerprint density at radius 1 is 1.35 bits per heavy atom. The van der Waals surface area contributed by atoms with E-state index < -0.39 is 0 Å². The monoisotopic (exact) mass is 236 g/mol. The van der Waals surface area contributed by atoms with Crippen molar-refractivity contribution in [1.82, 2.24) is 10.5 Å². The van der Waals surface area contributed by atoms with Crippen LogP contribution in [-0.2, 0) is 13.1 Å². The van der Waals surface area contributed by atoms with Gasteiger partial charge in [0, 0.05) is 12.6 Å². The minimum absolute atomic E-state index is 0.254. The zero-order chi connectivity index (χ0) is 12.1. The SMILES string of the molecule is COc1ccc(CNCc2ccno2)cc1F.